The maximum Gasteiger partial charge on any atom is 0.249 e. The minimum atomic E-state index is -0.626. The van der Waals surface area contributed by atoms with Crippen LogP contribution in [-0.4, -0.2) is 31.5 Å². The molecule has 2 amide bonds. The number of hydrogen-bond acceptors (Lipinski definition) is 4. The van der Waals surface area contributed by atoms with E-state index in [1.165, 1.54) is 19.3 Å². The van der Waals surface area contributed by atoms with Gasteiger partial charge in [-0.15, -0.1) is 0 Å². The number of carbonyl (C=O) groups is 2. The fraction of sp³-hybridized carbons (Fsp3) is 0.333. The Labute approximate surface area is 208 Å². The minimum absolute atomic E-state index is 0.150. The predicted octanol–water partition coefficient (Wildman–Crippen LogP) is 4.70. The lowest BCUT2D eigenvalue weighted by molar-refractivity contribution is -0.127. The molecule has 0 saturated heterocycles. The van der Waals surface area contributed by atoms with Gasteiger partial charge >= 0.3 is 0 Å². The van der Waals surface area contributed by atoms with E-state index in [2.05, 4.69) is 21.2 Å². The molecular weight excluding hydrogens is 494 g/mol. The normalized spacial score (nSPS) is 16.7. The molecule has 2 aliphatic rings. The molecule has 6 nitrogen and oxygen atoms in total. The number of ether oxygens (including phenoxy) is 1. The molecule has 0 spiro atoms. The second-order valence-corrected chi connectivity index (χ2v) is 9.50. The van der Waals surface area contributed by atoms with Crippen LogP contribution in [0.25, 0.3) is 10.8 Å². The average molecular weight is 524 g/mol. The fourth-order valence-corrected chi connectivity index (χ4v) is 4.50. The fourth-order valence-electron chi connectivity index (χ4n) is 4.12. The number of para-hydroxylation sites is 1. The number of halogens is 1. The largest absolute Gasteiger partial charge is 0.496 e. The monoisotopic (exact) mass is 523 g/mol. The maximum absolute atomic E-state index is 13.6. The predicted molar refractivity (Wildman–Crippen MR) is 139 cm³/mol. The van der Waals surface area contributed by atoms with Crippen LogP contribution in [0.4, 0.5) is 5.69 Å². The minimum Gasteiger partial charge on any atom is -0.496 e. The van der Waals surface area contributed by atoms with Crippen LogP contribution in [0.15, 0.2) is 59.1 Å². The van der Waals surface area contributed by atoms with Crippen molar-refractivity contribution in [3.63, 3.8) is 0 Å². The SMILES string of the molecule is C1CC1.COc1ccc2cc(Br)ccc2c1CN1C(=O)C(NC(=O)CN)CCc2ccccc21. The van der Waals surface area contributed by atoms with E-state index in [0.717, 1.165) is 32.1 Å². The van der Waals surface area contributed by atoms with E-state index in [4.69, 9.17) is 10.5 Å². The highest BCUT2D eigenvalue weighted by Gasteiger charge is 2.32. The molecule has 1 atom stereocenters. The Morgan fingerprint density at radius 3 is 2.62 bits per heavy atom. The van der Waals surface area contributed by atoms with Gasteiger partial charge in [-0.05, 0) is 53.4 Å². The van der Waals surface area contributed by atoms with Gasteiger partial charge in [-0.3, -0.25) is 9.59 Å². The van der Waals surface area contributed by atoms with Crippen LogP contribution in [0.5, 0.6) is 5.75 Å². The van der Waals surface area contributed by atoms with E-state index in [9.17, 15) is 9.59 Å². The van der Waals surface area contributed by atoms with Gasteiger partial charge in [-0.1, -0.05) is 65.5 Å². The molecule has 0 bridgehead atoms. The molecule has 1 heterocycles. The first-order valence-electron chi connectivity index (χ1n) is 11.7. The number of hydrogen-bond donors (Lipinski definition) is 2. The summed E-state index contributed by atoms with van der Waals surface area (Å²) in [6.07, 6.45) is 5.71. The lowest BCUT2D eigenvalue weighted by Gasteiger charge is -2.27. The highest BCUT2D eigenvalue weighted by Crippen LogP contribution is 2.34. The van der Waals surface area contributed by atoms with Crippen LogP contribution in [0.1, 0.15) is 36.8 Å². The molecule has 34 heavy (non-hydrogen) atoms. The molecule has 1 fully saturated rings. The Balaban J connectivity index is 0.000000846. The van der Waals surface area contributed by atoms with Crippen LogP contribution in [-0.2, 0) is 22.6 Å². The summed E-state index contributed by atoms with van der Waals surface area (Å²) in [6, 6.07) is 17.2. The number of nitrogens with one attached hydrogen (secondary N) is 1. The van der Waals surface area contributed by atoms with Gasteiger partial charge in [0, 0.05) is 15.7 Å². The number of carbonyl (C=O) groups excluding carboxylic acids is 2. The molecule has 7 heteroatoms. The summed E-state index contributed by atoms with van der Waals surface area (Å²) < 4.78 is 6.64. The van der Waals surface area contributed by atoms with Gasteiger partial charge in [0.05, 0.1) is 20.2 Å². The van der Waals surface area contributed by atoms with E-state index < -0.39 is 6.04 Å². The summed E-state index contributed by atoms with van der Waals surface area (Å²) in [6.45, 7) is 0.176. The Morgan fingerprint density at radius 1 is 1.15 bits per heavy atom. The molecule has 5 rings (SSSR count). The first-order valence-corrected chi connectivity index (χ1v) is 12.4. The Morgan fingerprint density at radius 2 is 1.91 bits per heavy atom. The van der Waals surface area contributed by atoms with Crippen molar-refractivity contribution in [1.29, 1.82) is 0 Å². The molecule has 0 radical (unpaired) electrons. The zero-order valence-corrected chi connectivity index (χ0v) is 20.9. The lowest BCUT2D eigenvalue weighted by atomic mass is 10.0. The number of aryl methyl sites for hydroxylation is 1. The van der Waals surface area contributed by atoms with Gasteiger partial charge in [-0.25, -0.2) is 0 Å². The molecule has 3 N–H and O–H groups in total. The quantitative estimate of drug-likeness (QED) is 0.507. The van der Waals surface area contributed by atoms with Gasteiger partial charge in [0.25, 0.3) is 0 Å². The summed E-state index contributed by atoms with van der Waals surface area (Å²) in [7, 11) is 1.63. The first kappa shape index (κ1) is 24.2. The van der Waals surface area contributed by atoms with Crippen molar-refractivity contribution in [3.05, 3.63) is 70.2 Å². The van der Waals surface area contributed by atoms with E-state index >= 15 is 0 Å². The van der Waals surface area contributed by atoms with Crippen LogP contribution in [0.2, 0.25) is 0 Å². The molecule has 3 aromatic carbocycles. The smallest absolute Gasteiger partial charge is 0.249 e. The number of rotatable bonds is 5. The van der Waals surface area contributed by atoms with Crippen molar-refractivity contribution in [2.45, 2.75) is 44.7 Å². The second kappa shape index (κ2) is 11.0. The number of fused-ring (bicyclic) bond motifs is 2. The molecule has 0 aromatic heterocycles. The second-order valence-electron chi connectivity index (χ2n) is 8.59. The number of amides is 2. The molecule has 1 saturated carbocycles. The van der Waals surface area contributed by atoms with E-state index in [-0.39, 0.29) is 18.4 Å². The summed E-state index contributed by atoms with van der Waals surface area (Å²) in [5.41, 5.74) is 8.32. The number of anilines is 1. The Hall–Kier alpha value is -2.90. The van der Waals surface area contributed by atoms with Crippen molar-refractivity contribution in [1.82, 2.24) is 5.32 Å². The van der Waals surface area contributed by atoms with Crippen molar-refractivity contribution in [2.24, 2.45) is 5.73 Å². The van der Waals surface area contributed by atoms with Crippen molar-refractivity contribution in [3.8, 4) is 5.75 Å². The number of nitrogens with zero attached hydrogens (tertiary/aromatic N) is 1. The van der Waals surface area contributed by atoms with Gasteiger partial charge in [0.15, 0.2) is 0 Å². The summed E-state index contributed by atoms with van der Waals surface area (Å²) in [5.74, 6) is 0.228. The van der Waals surface area contributed by atoms with Gasteiger partial charge in [-0.2, -0.15) is 0 Å². The summed E-state index contributed by atoms with van der Waals surface area (Å²) in [4.78, 5) is 27.3. The third-order valence-corrected chi connectivity index (χ3v) is 6.50. The summed E-state index contributed by atoms with van der Waals surface area (Å²) >= 11 is 3.52. The number of methoxy groups -OCH3 is 1. The average Bonchev–Trinajstić information content (AvgIpc) is 3.74. The van der Waals surface area contributed by atoms with Gasteiger partial charge in [0.2, 0.25) is 11.8 Å². The molecule has 178 valence electrons. The number of nitrogens with two attached hydrogens (primary N) is 1. The Bertz CT molecular complexity index is 1190. The van der Waals surface area contributed by atoms with Gasteiger partial charge < -0.3 is 20.7 Å². The lowest BCUT2D eigenvalue weighted by Crippen LogP contribution is -2.49. The topological polar surface area (TPSA) is 84.7 Å². The maximum atomic E-state index is 13.6. The van der Waals surface area contributed by atoms with E-state index in [0.29, 0.717) is 25.1 Å². The molecule has 1 aliphatic carbocycles. The molecular formula is C27H30BrN3O3. The van der Waals surface area contributed by atoms with Crippen molar-refractivity contribution in [2.75, 3.05) is 18.6 Å². The third kappa shape index (κ3) is 5.59. The Kier molecular flexibility index (Phi) is 7.85. The molecule has 3 aromatic rings. The number of benzene rings is 3. The zero-order valence-electron chi connectivity index (χ0n) is 19.4. The zero-order chi connectivity index (χ0) is 24.1. The van der Waals surface area contributed by atoms with Gasteiger partial charge in [0.1, 0.15) is 11.8 Å². The van der Waals surface area contributed by atoms with E-state index in [1.54, 1.807) is 12.0 Å². The molecule has 1 unspecified atom stereocenters. The van der Waals surface area contributed by atoms with Crippen LogP contribution in [0, 0.1) is 0 Å². The van der Waals surface area contributed by atoms with Crippen LogP contribution < -0.4 is 20.7 Å². The van der Waals surface area contributed by atoms with Crippen molar-refractivity contribution < 1.29 is 14.3 Å². The van der Waals surface area contributed by atoms with Crippen LogP contribution in [0.3, 0.4) is 0 Å². The third-order valence-electron chi connectivity index (χ3n) is 6.01. The van der Waals surface area contributed by atoms with E-state index in [1.807, 2.05) is 54.6 Å². The first-order chi connectivity index (χ1) is 16.5. The van der Waals surface area contributed by atoms with Crippen LogP contribution >= 0.6 is 15.9 Å². The molecule has 1 aliphatic heterocycles. The van der Waals surface area contributed by atoms with Crippen molar-refractivity contribution >= 4 is 44.2 Å². The highest BCUT2D eigenvalue weighted by molar-refractivity contribution is 9.10. The summed E-state index contributed by atoms with van der Waals surface area (Å²) in [5, 5.41) is 4.85. The standard InChI is InChI=1S/C24H24BrN3O3.C3H6/c1-31-22-11-7-16-12-17(25)8-9-18(16)19(22)14-28-21-5-3-2-4-15(21)6-10-20(24(28)30)27-23(29)13-26;1-2-3-1/h2-5,7-9,11-12,20H,6,10,13-14,26H2,1H3,(H,27,29);1-3H2. The highest BCUT2D eigenvalue weighted by atomic mass is 79.9.